The molecule has 100 valence electrons. The fourth-order valence-corrected chi connectivity index (χ4v) is 2.24. The highest BCUT2D eigenvalue weighted by Gasteiger charge is 2.22. The van der Waals surface area contributed by atoms with Crippen molar-refractivity contribution in [2.75, 3.05) is 5.32 Å². The Morgan fingerprint density at radius 3 is 2.55 bits per heavy atom. The van der Waals surface area contributed by atoms with Crippen LogP contribution in [-0.4, -0.2) is 17.8 Å². The second kappa shape index (κ2) is 5.07. The molecular formula is C15H12ClN3O. The van der Waals surface area contributed by atoms with E-state index < -0.39 is 6.17 Å². The van der Waals surface area contributed by atoms with Crippen LogP contribution in [0, 0.1) is 0 Å². The van der Waals surface area contributed by atoms with Crippen LogP contribution in [0.3, 0.4) is 0 Å². The summed E-state index contributed by atoms with van der Waals surface area (Å²) < 4.78 is 0. The number of nitrogens with two attached hydrogens (primary N) is 1. The predicted molar refractivity (Wildman–Crippen MR) is 80.1 cm³/mol. The molecule has 3 N–H and O–H groups in total. The van der Waals surface area contributed by atoms with Crippen LogP contribution in [0.5, 0.6) is 0 Å². The minimum absolute atomic E-state index is 0.318. The first kappa shape index (κ1) is 12.8. The van der Waals surface area contributed by atoms with Crippen molar-refractivity contribution in [2.24, 2.45) is 10.7 Å². The second-order valence-corrected chi connectivity index (χ2v) is 4.90. The van der Waals surface area contributed by atoms with E-state index in [9.17, 15) is 4.79 Å². The highest BCUT2D eigenvalue weighted by atomic mass is 35.5. The van der Waals surface area contributed by atoms with Gasteiger partial charge in [0, 0.05) is 16.1 Å². The molecule has 0 radical (unpaired) electrons. The van der Waals surface area contributed by atoms with Crippen LogP contribution in [0.2, 0.25) is 5.02 Å². The topological polar surface area (TPSA) is 67.5 Å². The Bertz CT molecular complexity index is 695. The third-order valence-corrected chi connectivity index (χ3v) is 3.35. The molecule has 0 spiro atoms. The maximum atomic E-state index is 11.8. The maximum absolute atomic E-state index is 11.8. The molecule has 2 aromatic rings. The zero-order valence-corrected chi connectivity index (χ0v) is 11.3. The zero-order chi connectivity index (χ0) is 14.1. The molecule has 4 nitrogen and oxygen atoms in total. The van der Waals surface area contributed by atoms with Crippen molar-refractivity contribution in [3.63, 3.8) is 0 Å². The molecule has 1 amide bonds. The Hall–Kier alpha value is -2.17. The molecule has 0 aromatic heterocycles. The van der Waals surface area contributed by atoms with Gasteiger partial charge in [-0.05, 0) is 18.2 Å². The zero-order valence-electron chi connectivity index (χ0n) is 10.5. The van der Waals surface area contributed by atoms with Crippen LogP contribution in [0.15, 0.2) is 53.5 Å². The van der Waals surface area contributed by atoms with Crippen molar-refractivity contribution in [1.29, 1.82) is 0 Å². The Balaban J connectivity index is 2.18. The third-order valence-electron chi connectivity index (χ3n) is 3.09. The first-order valence-corrected chi connectivity index (χ1v) is 6.52. The number of hydrogen-bond donors (Lipinski definition) is 2. The number of amides is 1. The smallest absolute Gasteiger partial charge is 0.263 e. The summed E-state index contributed by atoms with van der Waals surface area (Å²) in [4.78, 5) is 16.2. The maximum Gasteiger partial charge on any atom is 0.263 e. The molecule has 20 heavy (non-hydrogen) atoms. The van der Waals surface area contributed by atoms with Crippen LogP contribution < -0.4 is 11.1 Å². The number of anilines is 1. The number of carbonyl (C=O) groups excluding carboxylic acids is 1. The van der Waals surface area contributed by atoms with E-state index in [1.54, 1.807) is 12.1 Å². The molecule has 3 rings (SSSR count). The van der Waals surface area contributed by atoms with Gasteiger partial charge in [0.1, 0.15) is 0 Å². The molecule has 1 aliphatic rings. The predicted octanol–water partition coefficient (Wildman–Crippen LogP) is 2.41. The lowest BCUT2D eigenvalue weighted by molar-refractivity contribution is -0.117. The van der Waals surface area contributed by atoms with Gasteiger partial charge in [-0.2, -0.15) is 0 Å². The molecule has 2 aromatic carbocycles. The fraction of sp³-hybridized carbons (Fsp3) is 0.0667. The number of aliphatic imine (C=N–C) groups is 1. The number of rotatable bonds is 1. The molecule has 0 bridgehead atoms. The summed E-state index contributed by atoms with van der Waals surface area (Å²) in [5, 5.41) is 3.43. The van der Waals surface area contributed by atoms with Gasteiger partial charge in [0.25, 0.3) is 5.91 Å². The van der Waals surface area contributed by atoms with Crippen molar-refractivity contribution in [1.82, 2.24) is 0 Å². The van der Waals surface area contributed by atoms with E-state index in [1.807, 2.05) is 36.4 Å². The Kier molecular flexibility index (Phi) is 3.26. The minimum atomic E-state index is -0.923. The van der Waals surface area contributed by atoms with Crippen LogP contribution in [0.1, 0.15) is 11.1 Å². The number of benzene rings is 2. The summed E-state index contributed by atoms with van der Waals surface area (Å²) in [6, 6.07) is 14.8. The lowest BCUT2D eigenvalue weighted by Crippen LogP contribution is -2.33. The SMILES string of the molecule is N[C@@H]1N=C(c2ccc(Cl)cc2)c2ccccc2NC1=O. The molecule has 0 saturated heterocycles. The molecule has 1 heterocycles. The van der Waals surface area contributed by atoms with Gasteiger partial charge in [0.15, 0.2) is 6.17 Å². The monoisotopic (exact) mass is 285 g/mol. The Labute approximate surface area is 121 Å². The first-order chi connectivity index (χ1) is 9.65. The van der Waals surface area contributed by atoms with E-state index in [2.05, 4.69) is 10.3 Å². The van der Waals surface area contributed by atoms with Gasteiger partial charge in [-0.15, -0.1) is 0 Å². The van der Waals surface area contributed by atoms with Crippen molar-refractivity contribution in [3.05, 3.63) is 64.7 Å². The largest absolute Gasteiger partial charge is 0.322 e. The number of fused-ring (bicyclic) bond motifs is 1. The molecule has 1 atom stereocenters. The summed E-state index contributed by atoms with van der Waals surface area (Å²) >= 11 is 5.90. The normalized spacial score (nSPS) is 17.8. The standard InChI is InChI=1S/C15H12ClN3O/c16-10-7-5-9(6-8-10)13-11-3-1-2-4-12(11)18-15(20)14(17)19-13/h1-8,14H,17H2,(H,18,20)/t14-/m1/s1. The highest BCUT2D eigenvalue weighted by Crippen LogP contribution is 2.23. The molecule has 0 saturated carbocycles. The van der Waals surface area contributed by atoms with Crippen molar-refractivity contribution >= 4 is 28.9 Å². The quantitative estimate of drug-likeness (QED) is 0.845. The van der Waals surface area contributed by atoms with Gasteiger partial charge in [-0.1, -0.05) is 41.9 Å². The number of nitrogens with zero attached hydrogens (tertiary/aromatic N) is 1. The number of para-hydroxylation sites is 1. The van der Waals surface area contributed by atoms with Gasteiger partial charge in [0.2, 0.25) is 0 Å². The number of carbonyl (C=O) groups is 1. The first-order valence-electron chi connectivity index (χ1n) is 6.15. The second-order valence-electron chi connectivity index (χ2n) is 4.46. The highest BCUT2D eigenvalue weighted by molar-refractivity contribution is 6.30. The van der Waals surface area contributed by atoms with Crippen LogP contribution in [0.25, 0.3) is 0 Å². The molecule has 0 fully saturated rings. The number of nitrogens with one attached hydrogen (secondary N) is 1. The molecule has 0 unspecified atom stereocenters. The minimum Gasteiger partial charge on any atom is -0.322 e. The van der Waals surface area contributed by atoms with Crippen molar-refractivity contribution in [2.45, 2.75) is 6.17 Å². The summed E-state index contributed by atoms with van der Waals surface area (Å²) in [5.74, 6) is -0.318. The van der Waals surface area contributed by atoms with E-state index in [-0.39, 0.29) is 5.91 Å². The van der Waals surface area contributed by atoms with Crippen molar-refractivity contribution in [3.8, 4) is 0 Å². The van der Waals surface area contributed by atoms with Gasteiger partial charge in [-0.25, -0.2) is 0 Å². The van der Waals surface area contributed by atoms with Gasteiger partial charge < -0.3 is 11.1 Å². The fourth-order valence-electron chi connectivity index (χ4n) is 2.11. The van der Waals surface area contributed by atoms with E-state index >= 15 is 0 Å². The summed E-state index contributed by atoms with van der Waals surface area (Å²) in [6.45, 7) is 0. The van der Waals surface area contributed by atoms with E-state index in [0.29, 0.717) is 16.4 Å². The summed E-state index contributed by atoms with van der Waals surface area (Å²) in [7, 11) is 0. The van der Waals surface area contributed by atoms with Crippen LogP contribution in [-0.2, 0) is 4.79 Å². The third kappa shape index (κ3) is 2.31. The number of hydrogen-bond acceptors (Lipinski definition) is 3. The number of benzodiazepines with no additional fused rings is 1. The summed E-state index contributed by atoms with van der Waals surface area (Å²) in [6.07, 6.45) is -0.923. The van der Waals surface area contributed by atoms with Crippen LogP contribution in [0.4, 0.5) is 5.69 Å². The Morgan fingerprint density at radius 1 is 1.10 bits per heavy atom. The van der Waals surface area contributed by atoms with Gasteiger partial charge >= 0.3 is 0 Å². The molecule has 1 aliphatic heterocycles. The lowest BCUT2D eigenvalue weighted by atomic mass is 10.0. The van der Waals surface area contributed by atoms with Crippen molar-refractivity contribution < 1.29 is 4.79 Å². The van der Waals surface area contributed by atoms with Gasteiger partial charge in [-0.3, -0.25) is 9.79 Å². The summed E-state index contributed by atoms with van der Waals surface area (Å²) in [5.41, 5.74) is 8.89. The van der Waals surface area contributed by atoms with Crippen LogP contribution >= 0.6 is 11.6 Å². The van der Waals surface area contributed by atoms with E-state index in [1.165, 1.54) is 0 Å². The molecule has 5 heteroatoms. The van der Waals surface area contributed by atoms with E-state index in [4.69, 9.17) is 17.3 Å². The molecular weight excluding hydrogens is 274 g/mol. The average Bonchev–Trinajstić information content (AvgIpc) is 2.58. The lowest BCUT2D eigenvalue weighted by Gasteiger charge is -2.09. The Morgan fingerprint density at radius 2 is 1.80 bits per heavy atom. The molecule has 0 aliphatic carbocycles. The average molecular weight is 286 g/mol. The number of halogens is 1. The van der Waals surface area contributed by atoms with E-state index in [0.717, 1.165) is 11.1 Å². The van der Waals surface area contributed by atoms with Gasteiger partial charge in [0.05, 0.1) is 11.4 Å².